The molecule has 0 spiro atoms. The molecule has 0 aromatic rings. The molecule has 0 saturated carbocycles. The average molecular weight is 1290 g/mol. The maximum atomic E-state index is 15.2. The molecule has 27 nitrogen and oxygen atoms in total. The number of nitrogens with zero attached hydrogens (tertiary/aromatic N) is 7. The Balaban J connectivity index is 4.47. The first-order valence-corrected chi connectivity index (χ1v) is 31.9. The third-order valence-electron chi connectivity index (χ3n) is 16.5. The van der Waals surface area contributed by atoms with Gasteiger partial charge in [-0.2, -0.15) is 0 Å². The zero-order chi connectivity index (χ0) is 70.4. The number of nitrogens with one attached hydrogen (secondary N) is 4. The topological polar surface area (TPSA) is 346 Å². The van der Waals surface area contributed by atoms with E-state index in [0.717, 1.165) is 14.7 Å². The fourth-order valence-corrected chi connectivity index (χ4v) is 11.0. The Hall–Kier alpha value is -6.74. The van der Waals surface area contributed by atoms with Gasteiger partial charge in [-0.15, -0.1) is 0 Å². The van der Waals surface area contributed by atoms with Crippen molar-refractivity contribution in [3.8, 4) is 0 Å². The average Bonchev–Trinajstić information content (AvgIpc) is 0.934. The van der Waals surface area contributed by atoms with Crippen LogP contribution in [0.25, 0.3) is 0 Å². The van der Waals surface area contributed by atoms with Crippen molar-refractivity contribution < 1.29 is 77.6 Å². The lowest BCUT2D eigenvalue weighted by molar-refractivity contribution is -0.157. The van der Waals surface area contributed by atoms with E-state index in [9.17, 15) is 58.5 Å². The Morgan fingerprint density at radius 2 is 0.956 bits per heavy atom. The van der Waals surface area contributed by atoms with Crippen LogP contribution >= 0.6 is 0 Å². The molecule has 1 aliphatic heterocycles. The highest BCUT2D eigenvalue weighted by Crippen LogP contribution is 2.26. The molecule has 0 unspecified atom stereocenters. The van der Waals surface area contributed by atoms with Crippen molar-refractivity contribution in [3.63, 3.8) is 0 Å². The number of ether oxygens (including phenoxy) is 1. The van der Waals surface area contributed by atoms with E-state index >= 15 is 14.4 Å². The van der Waals surface area contributed by atoms with Gasteiger partial charge in [-0.1, -0.05) is 109 Å². The largest absolute Gasteiger partial charge is 0.480 e. The van der Waals surface area contributed by atoms with Gasteiger partial charge in [0, 0.05) is 49.3 Å². The number of carboxylic acids is 1. The highest BCUT2D eigenvalue weighted by atomic mass is 16.5. The van der Waals surface area contributed by atoms with Crippen molar-refractivity contribution in [2.75, 3.05) is 75.7 Å². The first kappa shape index (κ1) is 82.3. The Morgan fingerprint density at radius 1 is 0.516 bits per heavy atom. The summed E-state index contributed by atoms with van der Waals surface area (Å²) in [6.45, 7) is 23.3. The van der Waals surface area contributed by atoms with E-state index in [1.165, 1.54) is 81.9 Å². The number of aliphatic hydroxyl groups excluding tert-OH is 2. The number of hydrogen-bond acceptors (Lipinski definition) is 15. The number of amides is 11. The van der Waals surface area contributed by atoms with Gasteiger partial charge in [-0.05, 0) is 86.9 Å². The molecular weight excluding hydrogens is 1180 g/mol. The third kappa shape index (κ3) is 24.4. The minimum atomic E-state index is -1.71. The monoisotopic (exact) mass is 1290 g/mol. The van der Waals surface area contributed by atoms with Gasteiger partial charge in [0.05, 0.1) is 25.9 Å². The highest BCUT2D eigenvalue weighted by molar-refractivity contribution is 5.99. The van der Waals surface area contributed by atoms with Crippen LogP contribution in [0.4, 0.5) is 0 Å². The van der Waals surface area contributed by atoms with E-state index in [1.54, 1.807) is 61.5 Å². The van der Waals surface area contributed by atoms with E-state index in [2.05, 4.69) is 21.3 Å². The Kier molecular flexibility index (Phi) is 34.6. The first-order chi connectivity index (χ1) is 42.1. The predicted molar refractivity (Wildman–Crippen MR) is 343 cm³/mol. The molecule has 0 aliphatic carbocycles. The molecule has 11 amide bonds. The number of hydrogen-bond donors (Lipinski definition) is 7. The Morgan fingerprint density at radius 3 is 1.42 bits per heavy atom. The number of likely N-dealkylation sites (N-methyl/N-ethyl adjacent to an activating group) is 7. The van der Waals surface area contributed by atoms with Crippen molar-refractivity contribution in [1.29, 1.82) is 0 Å². The number of rotatable bonds is 20. The molecule has 0 aromatic carbocycles. The molecule has 0 bridgehead atoms. The van der Waals surface area contributed by atoms with E-state index in [-0.39, 0.29) is 68.8 Å². The van der Waals surface area contributed by atoms with Crippen molar-refractivity contribution >= 4 is 70.9 Å². The summed E-state index contributed by atoms with van der Waals surface area (Å²) in [4.78, 5) is 181. The Labute approximate surface area is 540 Å². The van der Waals surface area contributed by atoms with Gasteiger partial charge in [0.2, 0.25) is 65.0 Å². The molecule has 1 saturated heterocycles. The maximum Gasteiger partial charge on any atom is 0.329 e. The van der Waals surface area contributed by atoms with Crippen LogP contribution in [0.5, 0.6) is 0 Å². The summed E-state index contributed by atoms with van der Waals surface area (Å²) in [5.74, 6) is -12.9. The van der Waals surface area contributed by atoms with Crippen LogP contribution < -0.4 is 21.3 Å². The minimum Gasteiger partial charge on any atom is -0.480 e. The van der Waals surface area contributed by atoms with Crippen molar-refractivity contribution in [3.05, 3.63) is 12.2 Å². The standard InChI is InChI=1S/C64H113N11O16/c1-23-43-59(85)69(16)32-49(77)70(17)45(28-35(2)3)57(83)68-51(39(10)11)63(89)71(18)46(29-36(4)5)56(82)65-42(15)55(81)67-44(33-91-34-50(78)79)60(86)72(19)47(30-37(6)7)61(87)73(20)48(31-38(8)9)62(88)74(21)52(40(12)13)64(90)75(22)53(58(84)66-43)54(80)41(14)26-24-25-27-76/h24-25,35-48,51-54,76,80H,23,26-34H2,1-22H3,(H,65,82)(H,66,84)(H,67,81)(H,68,83)(H,78,79)/b25-24+/t41-,42+,43+,44-,45+,46+,47+,48+,51+,52+,53+,54-/m1/s1. The van der Waals surface area contributed by atoms with Gasteiger partial charge in [0.25, 0.3) is 0 Å². The molecule has 91 heavy (non-hydrogen) atoms. The summed E-state index contributed by atoms with van der Waals surface area (Å²) >= 11 is 0. The molecule has 1 aliphatic rings. The van der Waals surface area contributed by atoms with Gasteiger partial charge in [-0.3, -0.25) is 52.7 Å². The summed E-state index contributed by atoms with van der Waals surface area (Å²) < 4.78 is 5.37. The molecular formula is C64H113N11O16. The van der Waals surface area contributed by atoms with Gasteiger partial charge < -0.3 is 75.6 Å². The van der Waals surface area contributed by atoms with Crippen LogP contribution in [0.3, 0.4) is 0 Å². The van der Waals surface area contributed by atoms with E-state index in [4.69, 9.17) is 4.74 Å². The van der Waals surface area contributed by atoms with Gasteiger partial charge >= 0.3 is 5.97 Å². The summed E-state index contributed by atoms with van der Waals surface area (Å²) in [5.41, 5.74) is 0. The number of allylic oxidation sites excluding steroid dienone is 1. The molecule has 1 rings (SSSR count). The molecule has 1 fully saturated rings. The van der Waals surface area contributed by atoms with Crippen LogP contribution in [0, 0.1) is 41.4 Å². The van der Waals surface area contributed by atoms with E-state index in [1.807, 2.05) is 41.5 Å². The first-order valence-electron chi connectivity index (χ1n) is 31.9. The second kappa shape index (κ2) is 38.3. The van der Waals surface area contributed by atoms with Crippen LogP contribution in [0.1, 0.15) is 142 Å². The molecule has 520 valence electrons. The molecule has 0 aromatic heterocycles. The SMILES string of the molecule is CC[C@@H]1NC(=O)[C@H]([C@H](O)[C@H](C)C/C=C/CO)N(C)C(=O)[C@H](C(C)C)N(C)C(=O)[C@H](CC(C)C)N(C)C(=O)[C@H](CC(C)C)N(C)C(=O)[C@@H](COCC(=O)O)NC(=O)[C@H](C)NC(=O)[C@H](CC(C)C)N(C)C(=O)[C@H](C(C)C)NC(=O)[C@H](CC(C)C)N(C)C(=O)CN(C)C1=O. The van der Waals surface area contributed by atoms with Crippen LogP contribution in [-0.2, 0) is 62.3 Å². The smallest absolute Gasteiger partial charge is 0.329 e. The van der Waals surface area contributed by atoms with Crippen molar-refractivity contribution in [1.82, 2.24) is 55.6 Å². The van der Waals surface area contributed by atoms with Gasteiger partial charge in [0.1, 0.15) is 67.0 Å². The third-order valence-corrected chi connectivity index (χ3v) is 16.5. The summed E-state index contributed by atoms with van der Waals surface area (Å²) in [5, 5.41) is 41.9. The molecule has 12 atom stereocenters. The number of carbonyl (C=O) groups excluding carboxylic acids is 11. The highest BCUT2D eigenvalue weighted by Gasteiger charge is 2.46. The summed E-state index contributed by atoms with van der Waals surface area (Å²) in [7, 11) is 9.46. The van der Waals surface area contributed by atoms with Crippen LogP contribution in [-0.4, -0.2) is 263 Å². The fourth-order valence-electron chi connectivity index (χ4n) is 11.0. The molecule has 1 heterocycles. The lowest BCUT2D eigenvalue weighted by atomic mass is 9.91. The van der Waals surface area contributed by atoms with Gasteiger partial charge in [-0.25, -0.2) is 4.79 Å². The number of carboxylic acid groups (broad SMARTS) is 1. The normalized spacial score (nSPS) is 25.9. The minimum absolute atomic E-state index is 0.0180. The number of aliphatic carboxylic acids is 1. The second-order valence-electron chi connectivity index (χ2n) is 26.9. The van der Waals surface area contributed by atoms with E-state index < -0.39 is 175 Å². The zero-order valence-electron chi connectivity index (χ0n) is 58.4. The molecule has 7 N–H and O–H groups in total. The molecule has 0 radical (unpaired) electrons. The summed E-state index contributed by atoms with van der Waals surface area (Å²) in [6, 6.07) is -13.7. The van der Waals surface area contributed by atoms with Gasteiger partial charge in [0.15, 0.2) is 0 Å². The quantitative estimate of drug-likeness (QED) is 0.0846. The number of aliphatic hydroxyl groups is 2. The number of carbonyl (C=O) groups is 12. The zero-order valence-corrected chi connectivity index (χ0v) is 58.4. The maximum absolute atomic E-state index is 15.2. The molecule has 27 heteroatoms. The van der Waals surface area contributed by atoms with Crippen LogP contribution in [0.15, 0.2) is 12.2 Å². The lowest BCUT2D eigenvalue weighted by Gasteiger charge is -2.41. The second-order valence-corrected chi connectivity index (χ2v) is 26.9. The lowest BCUT2D eigenvalue weighted by Crippen LogP contribution is -2.63. The Bertz CT molecular complexity index is 2510. The van der Waals surface area contributed by atoms with Crippen LogP contribution in [0.2, 0.25) is 0 Å². The predicted octanol–water partition coefficient (Wildman–Crippen LogP) is 1.32. The summed E-state index contributed by atoms with van der Waals surface area (Å²) in [6.07, 6.45) is 1.79. The van der Waals surface area contributed by atoms with E-state index in [0.29, 0.717) is 0 Å². The van der Waals surface area contributed by atoms with Crippen molar-refractivity contribution in [2.24, 2.45) is 41.4 Å². The van der Waals surface area contributed by atoms with Crippen molar-refractivity contribution in [2.45, 2.75) is 209 Å². The fraction of sp³-hybridized carbons (Fsp3) is 0.781.